The van der Waals surface area contributed by atoms with Gasteiger partial charge in [0.2, 0.25) is 0 Å². The summed E-state index contributed by atoms with van der Waals surface area (Å²) in [6.07, 6.45) is 1.96. The highest BCUT2D eigenvalue weighted by molar-refractivity contribution is 6.32. The summed E-state index contributed by atoms with van der Waals surface area (Å²) in [5, 5.41) is -0.00570. The Hall–Kier alpha value is -1.92. The normalized spacial score (nSPS) is 10.6. The van der Waals surface area contributed by atoms with Gasteiger partial charge < -0.3 is 15.6 Å². The average Bonchev–Trinajstić information content (AvgIpc) is 2.45. The van der Waals surface area contributed by atoms with Gasteiger partial charge >= 0.3 is 0 Å². The van der Waals surface area contributed by atoms with Gasteiger partial charge in [0.05, 0.1) is 6.33 Å². The van der Waals surface area contributed by atoms with Gasteiger partial charge in [-0.3, -0.25) is 4.79 Å². The Balaban J connectivity index is 2.44. The summed E-state index contributed by atoms with van der Waals surface area (Å²) in [7, 11) is 0. The third-order valence-corrected chi connectivity index (χ3v) is 3.10. The van der Waals surface area contributed by atoms with Crippen LogP contribution in [0, 0.1) is 5.82 Å². The predicted octanol–water partition coefficient (Wildman–Crippen LogP) is 2.05. The molecule has 0 bridgehead atoms. The van der Waals surface area contributed by atoms with Crippen LogP contribution in [0.5, 0.6) is 0 Å². The molecule has 106 valence electrons. The fourth-order valence-electron chi connectivity index (χ4n) is 1.79. The minimum absolute atomic E-state index is 0.00570. The summed E-state index contributed by atoms with van der Waals surface area (Å²) < 4.78 is 13.0. The number of aromatic nitrogens is 2. The topological polar surface area (TPSA) is 75.0 Å². The molecule has 0 atom stereocenters. The van der Waals surface area contributed by atoms with E-state index in [1.807, 2.05) is 0 Å². The summed E-state index contributed by atoms with van der Waals surface area (Å²) in [4.78, 5) is 19.8. The molecule has 0 radical (unpaired) electrons. The SMILES string of the molecule is NCCCN(c1ccc(F)cc1)c1nc[nH]c(=O)c1Cl. The highest BCUT2D eigenvalue weighted by Crippen LogP contribution is 2.27. The fourth-order valence-corrected chi connectivity index (χ4v) is 1.99. The minimum Gasteiger partial charge on any atom is -0.330 e. The number of hydrogen-bond donors (Lipinski definition) is 2. The molecule has 2 rings (SSSR count). The Labute approximate surface area is 120 Å². The Morgan fingerprint density at radius 1 is 1.35 bits per heavy atom. The largest absolute Gasteiger partial charge is 0.330 e. The lowest BCUT2D eigenvalue weighted by Crippen LogP contribution is -2.24. The molecule has 5 nitrogen and oxygen atoms in total. The van der Waals surface area contributed by atoms with Gasteiger partial charge in [-0.05, 0) is 37.2 Å². The van der Waals surface area contributed by atoms with Crippen molar-refractivity contribution in [2.75, 3.05) is 18.0 Å². The quantitative estimate of drug-likeness (QED) is 0.885. The van der Waals surface area contributed by atoms with Crippen LogP contribution in [0.25, 0.3) is 0 Å². The number of nitrogens with zero attached hydrogens (tertiary/aromatic N) is 2. The zero-order valence-corrected chi connectivity index (χ0v) is 11.4. The van der Waals surface area contributed by atoms with Crippen LogP contribution in [-0.4, -0.2) is 23.1 Å². The number of rotatable bonds is 5. The van der Waals surface area contributed by atoms with Crippen molar-refractivity contribution in [3.05, 3.63) is 51.8 Å². The molecule has 20 heavy (non-hydrogen) atoms. The molecule has 0 aliphatic heterocycles. The molecule has 2 aromatic rings. The molecule has 1 heterocycles. The van der Waals surface area contributed by atoms with E-state index in [0.29, 0.717) is 31.0 Å². The molecule has 0 fully saturated rings. The third-order valence-electron chi connectivity index (χ3n) is 2.76. The number of benzene rings is 1. The van der Waals surface area contributed by atoms with Gasteiger partial charge in [-0.2, -0.15) is 0 Å². The Bertz CT molecular complexity index is 629. The molecule has 0 saturated carbocycles. The van der Waals surface area contributed by atoms with Crippen LogP contribution in [0.4, 0.5) is 15.9 Å². The van der Waals surface area contributed by atoms with E-state index in [1.165, 1.54) is 18.5 Å². The van der Waals surface area contributed by atoms with Crippen LogP contribution < -0.4 is 16.2 Å². The molecule has 0 aliphatic carbocycles. The number of nitrogens with two attached hydrogens (primary N) is 1. The van der Waals surface area contributed by atoms with E-state index in [4.69, 9.17) is 17.3 Å². The van der Waals surface area contributed by atoms with Crippen LogP contribution >= 0.6 is 11.6 Å². The molecule has 0 saturated heterocycles. The van der Waals surface area contributed by atoms with Crippen molar-refractivity contribution in [2.24, 2.45) is 5.73 Å². The standard InChI is InChI=1S/C13H14ClFN4O/c14-11-12(17-8-18-13(11)20)19(7-1-6-16)10-4-2-9(15)3-5-10/h2-5,8H,1,6-7,16H2,(H,17,18,20). The maximum atomic E-state index is 13.0. The smallest absolute Gasteiger partial charge is 0.271 e. The molecule has 0 amide bonds. The van der Waals surface area contributed by atoms with E-state index < -0.39 is 5.56 Å². The molecule has 0 spiro atoms. The van der Waals surface area contributed by atoms with Gasteiger partial charge in [-0.25, -0.2) is 9.37 Å². The van der Waals surface area contributed by atoms with Crippen molar-refractivity contribution < 1.29 is 4.39 Å². The number of hydrogen-bond acceptors (Lipinski definition) is 4. The van der Waals surface area contributed by atoms with E-state index in [0.717, 1.165) is 0 Å². The lowest BCUT2D eigenvalue weighted by Gasteiger charge is -2.24. The molecule has 0 unspecified atom stereocenters. The molecule has 1 aromatic heterocycles. The van der Waals surface area contributed by atoms with Crippen LogP contribution in [0.15, 0.2) is 35.4 Å². The van der Waals surface area contributed by atoms with Gasteiger partial charge in [0.15, 0.2) is 5.82 Å². The first-order chi connectivity index (χ1) is 9.63. The second-order valence-electron chi connectivity index (χ2n) is 4.14. The van der Waals surface area contributed by atoms with E-state index in [2.05, 4.69) is 9.97 Å². The monoisotopic (exact) mass is 296 g/mol. The van der Waals surface area contributed by atoms with Gasteiger partial charge in [0.25, 0.3) is 5.56 Å². The first-order valence-electron chi connectivity index (χ1n) is 6.10. The van der Waals surface area contributed by atoms with Gasteiger partial charge in [0.1, 0.15) is 10.8 Å². The van der Waals surface area contributed by atoms with Crippen LogP contribution in [-0.2, 0) is 0 Å². The second kappa shape index (κ2) is 6.49. The predicted molar refractivity (Wildman–Crippen MR) is 76.9 cm³/mol. The fraction of sp³-hybridized carbons (Fsp3) is 0.231. The Morgan fingerprint density at radius 2 is 2.05 bits per heavy atom. The molecule has 3 N–H and O–H groups in total. The minimum atomic E-state index is -0.420. The summed E-state index contributed by atoms with van der Waals surface area (Å²) in [6.45, 7) is 1.01. The first-order valence-corrected chi connectivity index (χ1v) is 6.47. The van der Waals surface area contributed by atoms with Crippen LogP contribution in [0.2, 0.25) is 5.02 Å². The lowest BCUT2D eigenvalue weighted by molar-refractivity contribution is 0.627. The lowest BCUT2D eigenvalue weighted by atomic mass is 10.2. The number of aromatic amines is 1. The zero-order chi connectivity index (χ0) is 14.5. The number of halogens is 2. The number of anilines is 2. The first kappa shape index (κ1) is 14.5. The van der Waals surface area contributed by atoms with E-state index in [1.54, 1.807) is 17.0 Å². The summed E-state index contributed by atoms with van der Waals surface area (Å²) in [6, 6.07) is 5.88. The maximum Gasteiger partial charge on any atom is 0.271 e. The summed E-state index contributed by atoms with van der Waals surface area (Å²) >= 11 is 5.99. The van der Waals surface area contributed by atoms with Gasteiger partial charge in [0, 0.05) is 12.2 Å². The van der Waals surface area contributed by atoms with Crippen molar-refractivity contribution in [1.82, 2.24) is 9.97 Å². The molecular formula is C13H14ClFN4O. The van der Waals surface area contributed by atoms with E-state index in [-0.39, 0.29) is 10.8 Å². The molecule has 7 heteroatoms. The highest BCUT2D eigenvalue weighted by atomic mass is 35.5. The zero-order valence-electron chi connectivity index (χ0n) is 10.6. The Morgan fingerprint density at radius 3 is 2.70 bits per heavy atom. The van der Waals surface area contributed by atoms with E-state index >= 15 is 0 Å². The van der Waals surface area contributed by atoms with Crippen LogP contribution in [0.1, 0.15) is 6.42 Å². The Kier molecular flexibility index (Phi) is 4.70. The third kappa shape index (κ3) is 3.15. The molecular weight excluding hydrogens is 283 g/mol. The second-order valence-corrected chi connectivity index (χ2v) is 4.52. The van der Waals surface area contributed by atoms with Crippen molar-refractivity contribution >= 4 is 23.1 Å². The molecule has 1 aromatic carbocycles. The highest BCUT2D eigenvalue weighted by Gasteiger charge is 2.16. The average molecular weight is 297 g/mol. The summed E-state index contributed by atoms with van der Waals surface area (Å²) in [5.74, 6) is -0.00651. The van der Waals surface area contributed by atoms with Crippen LogP contribution in [0.3, 0.4) is 0 Å². The molecule has 0 aliphatic rings. The van der Waals surface area contributed by atoms with Gasteiger partial charge in [-0.1, -0.05) is 11.6 Å². The van der Waals surface area contributed by atoms with Gasteiger partial charge in [-0.15, -0.1) is 0 Å². The number of H-pyrrole nitrogens is 1. The van der Waals surface area contributed by atoms with Crippen molar-refractivity contribution in [3.8, 4) is 0 Å². The van der Waals surface area contributed by atoms with Crippen molar-refractivity contribution in [1.29, 1.82) is 0 Å². The maximum absolute atomic E-state index is 13.0. The van der Waals surface area contributed by atoms with Crippen molar-refractivity contribution in [2.45, 2.75) is 6.42 Å². The van der Waals surface area contributed by atoms with E-state index in [9.17, 15) is 9.18 Å². The number of nitrogens with one attached hydrogen (secondary N) is 1. The van der Waals surface area contributed by atoms with Crippen molar-refractivity contribution in [3.63, 3.8) is 0 Å². The summed E-state index contributed by atoms with van der Waals surface area (Å²) in [5.41, 5.74) is 5.79.